The Kier molecular flexibility index (Phi) is 4.23. The lowest BCUT2D eigenvalue weighted by atomic mass is 9.77. The summed E-state index contributed by atoms with van der Waals surface area (Å²) in [5.74, 6) is 0.638. The Morgan fingerprint density at radius 3 is 2.28 bits per heavy atom. The van der Waals surface area contributed by atoms with Crippen molar-refractivity contribution in [2.45, 2.75) is 50.8 Å². The molecule has 0 aromatic heterocycles. The highest BCUT2D eigenvalue weighted by molar-refractivity contribution is 7.84. The molecule has 1 aliphatic rings. The maximum absolute atomic E-state index is 12.3. The summed E-state index contributed by atoms with van der Waals surface area (Å²) in [4.78, 5) is 0. The Morgan fingerprint density at radius 1 is 1.22 bits per heavy atom. The highest BCUT2D eigenvalue weighted by Gasteiger charge is 2.32. The minimum atomic E-state index is -1.01. The van der Waals surface area contributed by atoms with Gasteiger partial charge in [0.1, 0.15) is 0 Å². The van der Waals surface area contributed by atoms with E-state index < -0.39 is 11.0 Å². The van der Waals surface area contributed by atoms with Crippen molar-refractivity contribution in [3.8, 4) is 0 Å². The van der Waals surface area contributed by atoms with E-state index >= 15 is 0 Å². The molecule has 0 amide bonds. The van der Waals surface area contributed by atoms with Crippen LogP contribution in [0.15, 0.2) is 30.3 Å². The monoisotopic (exact) mass is 265 g/mol. The van der Waals surface area contributed by atoms with Crippen molar-refractivity contribution < 1.29 is 4.21 Å². The van der Waals surface area contributed by atoms with E-state index in [0.29, 0.717) is 5.92 Å². The zero-order valence-electron chi connectivity index (χ0n) is 11.5. The molecule has 1 fully saturated rings. The van der Waals surface area contributed by atoms with Gasteiger partial charge in [-0.1, -0.05) is 36.8 Å². The Balaban J connectivity index is 2.14. The Bertz CT molecular complexity index is 406. The van der Waals surface area contributed by atoms with E-state index in [4.69, 9.17) is 0 Å². The highest BCUT2D eigenvalue weighted by Crippen LogP contribution is 2.38. The van der Waals surface area contributed by atoms with E-state index in [0.717, 1.165) is 0 Å². The van der Waals surface area contributed by atoms with Gasteiger partial charge in [-0.05, 0) is 45.1 Å². The van der Waals surface area contributed by atoms with Gasteiger partial charge in [-0.3, -0.25) is 0 Å². The summed E-state index contributed by atoms with van der Waals surface area (Å²) >= 11 is 0. The standard InChI is InChI=1S/C15H23NOS/c1-15(2,3)18(17)16-14(13-10-7-11-13)12-8-5-4-6-9-12/h4-6,8-9,13-14,16H,7,10-11H2,1-3H3. The SMILES string of the molecule is CC(C)(C)S(=O)NC(c1ccccc1)C1CCC1. The van der Waals surface area contributed by atoms with E-state index in [1.165, 1.54) is 24.8 Å². The van der Waals surface area contributed by atoms with Crippen molar-refractivity contribution in [3.05, 3.63) is 35.9 Å². The molecule has 1 aromatic rings. The first-order valence-electron chi connectivity index (χ1n) is 6.71. The zero-order valence-corrected chi connectivity index (χ0v) is 12.3. The molecule has 0 heterocycles. The van der Waals surface area contributed by atoms with Crippen LogP contribution in [0.4, 0.5) is 0 Å². The van der Waals surface area contributed by atoms with Crippen molar-refractivity contribution in [3.63, 3.8) is 0 Å². The molecule has 0 spiro atoms. The lowest BCUT2D eigenvalue weighted by Crippen LogP contribution is -2.40. The topological polar surface area (TPSA) is 29.1 Å². The van der Waals surface area contributed by atoms with Crippen molar-refractivity contribution in [1.82, 2.24) is 4.72 Å². The second-order valence-electron chi connectivity index (χ2n) is 6.08. The van der Waals surface area contributed by atoms with Crippen molar-refractivity contribution in [2.24, 2.45) is 5.92 Å². The summed E-state index contributed by atoms with van der Waals surface area (Å²) in [7, 11) is -1.01. The van der Waals surface area contributed by atoms with Gasteiger partial charge < -0.3 is 0 Å². The van der Waals surface area contributed by atoms with Gasteiger partial charge in [0.25, 0.3) is 0 Å². The van der Waals surface area contributed by atoms with Crippen LogP contribution in [0.2, 0.25) is 0 Å². The van der Waals surface area contributed by atoms with Gasteiger partial charge in [0.05, 0.1) is 15.7 Å². The van der Waals surface area contributed by atoms with Crippen molar-refractivity contribution >= 4 is 11.0 Å². The average Bonchev–Trinajstić information content (AvgIpc) is 2.25. The van der Waals surface area contributed by atoms with E-state index in [2.05, 4.69) is 29.0 Å². The van der Waals surface area contributed by atoms with Gasteiger partial charge in [0.2, 0.25) is 0 Å². The molecule has 0 aliphatic heterocycles. The van der Waals surface area contributed by atoms with Crippen LogP contribution in [0.25, 0.3) is 0 Å². The predicted molar refractivity (Wildman–Crippen MR) is 77.6 cm³/mol. The van der Waals surface area contributed by atoms with Crippen LogP contribution < -0.4 is 4.72 Å². The molecule has 2 rings (SSSR count). The lowest BCUT2D eigenvalue weighted by Gasteiger charge is -2.35. The second kappa shape index (κ2) is 5.54. The van der Waals surface area contributed by atoms with E-state index in [1.54, 1.807) is 0 Å². The third-order valence-corrected chi connectivity index (χ3v) is 5.15. The molecule has 1 aromatic carbocycles. The number of hydrogen-bond acceptors (Lipinski definition) is 1. The quantitative estimate of drug-likeness (QED) is 0.886. The van der Waals surface area contributed by atoms with Crippen LogP contribution in [-0.2, 0) is 11.0 Å². The summed E-state index contributed by atoms with van der Waals surface area (Å²) in [6.07, 6.45) is 3.79. The fraction of sp³-hybridized carbons (Fsp3) is 0.600. The fourth-order valence-corrected chi connectivity index (χ4v) is 3.07. The minimum Gasteiger partial charge on any atom is -0.242 e. The molecular formula is C15H23NOS. The number of rotatable bonds is 4. The first kappa shape index (κ1) is 13.8. The molecule has 3 heteroatoms. The molecule has 1 N–H and O–H groups in total. The van der Waals surface area contributed by atoms with E-state index in [9.17, 15) is 4.21 Å². The van der Waals surface area contributed by atoms with Gasteiger partial charge in [-0.25, -0.2) is 8.93 Å². The Hall–Kier alpha value is -0.670. The highest BCUT2D eigenvalue weighted by atomic mass is 32.2. The molecule has 2 nitrogen and oxygen atoms in total. The summed E-state index contributed by atoms with van der Waals surface area (Å²) in [5.41, 5.74) is 1.26. The van der Waals surface area contributed by atoms with Gasteiger partial charge >= 0.3 is 0 Å². The molecule has 1 saturated carbocycles. The predicted octanol–water partition coefficient (Wildman–Crippen LogP) is 3.58. The second-order valence-corrected chi connectivity index (χ2v) is 8.08. The maximum atomic E-state index is 12.3. The summed E-state index contributed by atoms with van der Waals surface area (Å²) < 4.78 is 15.4. The molecule has 100 valence electrons. The van der Waals surface area contributed by atoms with Gasteiger partial charge in [-0.15, -0.1) is 0 Å². The normalized spacial score (nSPS) is 20.2. The molecule has 0 saturated heterocycles. The Morgan fingerprint density at radius 2 is 1.83 bits per heavy atom. The fourth-order valence-electron chi connectivity index (χ4n) is 2.16. The molecule has 2 unspecified atom stereocenters. The number of benzene rings is 1. The Labute approximate surface area is 113 Å². The summed E-state index contributed by atoms with van der Waals surface area (Å²) in [6.45, 7) is 6.04. The smallest absolute Gasteiger partial charge is 0.0976 e. The van der Waals surface area contributed by atoms with Crippen LogP contribution in [0, 0.1) is 5.92 Å². The number of hydrogen-bond donors (Lipinski definition) is 1. The maximum Gasteiger partial charge on any atom is 0.0976 e. The first-order chi connectivity index (χ1) is 8.48. The zero-order chi connectivity index (χ0) is 13.2. The number of nitrogens with one attached hydrogen (secondary N) is 1. The molecule has 18 heavy (non-hydrogen) atoms. The van der Waals surface area contributed by atoms with Gasteiger partial charge in [0.15, 0.2) is 0 Å². The van der Waals surface area contributed by atoms with Crippen LogP contribution in [0.5, 0.6) is 0 Å². The van der Waals surface area contributed by atoms with Crippen molar-refractivity contribution in [1.29, 1.82) is 0 Å². The molecule has 0 radical (unpaired) electrons. The van der Waals surface area contributed by atoms with E-state index in [1.807, 2.05) is 26.8 Å². The van der Waals surface area contributed by atoms with E-state index in [-0.39, 0.29) is 10.8 Å². The van der Waals surface area contributed by atoms with Crippen LogP contribution in [0.1, 0.15) is 51.6 Å². The van der Waals surface area contributed by atoms with Crippen molar-refractivity contribution in [2.75, 3.05) is 0 Å². The van der Waals surface area contributed by atoms with Crippen LogP contribution in [-0.4, -0.2) is 8.96 Å². The molecule has 2 atom stereocenters. The third-order valence-electron chi connectivity index (χ3n) is 3.57. The van der Waals surface area contributed by atoms with Crippen LogP contribution in [0.3, 0.4) is 0 Å². The minimum absolute atomic E-state index is 0.212. The molecule has 0 bridgehead atoms. The third kappa shape index (κ3) is 3.21. The molecule has 1 aliphatic carbocycles. The van der Waals surface area contributed by atoms with Crippen LogP contribution >= 0.6 is 0 Å². The largest absolute Gasteiger partial charge is 0.242 e. The summed E-state index contributed by atoms with van der Waals surface area (Å²) in [6, 6.07) is 10.7. The lowest BCUT2D eigenvalue weighted by molar-refractivity contribution is 0.252. The molecular weight excluding hydrogens is 242 g/mol. The first-order valence-corrected chi connectivity index (χ1v) is 7.86. The summed E-state index contributed by atoms with van der Waals surface area (Å²) in [5, 5.41) is 0. The average molecular weight is 265 g/mol. The van der Waals surface area contributed by atoms with Gasteiger partial charge in [0, 0.05) is 6.04 Å². The van der Waals surface area contributed by atoms with Gasteiger partial charge in [-0.2, -0.15) is 0 Å².